The number of sulfonamides is 1. The van der Waals surface area contributed by atoms with Crippen LogP contribution in [-0.2, 0) is 17.1 Å². The van der Waals surface area contributed by atoms with E-state index in [-0.39, 0.29) is 23.4 Å². The van der Waals surface area contributed by atoms with E-state index in [4.69, 9.17) is 0 Å². The predicted molar refractivity (Wildman–Crippen MR) is 69.8 cm³/mol. The molecule has 2 rings (SSSR count). The largest absolute Gasteiger partial charge is 0.274 e. The van der Waals surface area contributed by atoms with Gasteiger partial charge in [-0.15, -0.1) is 0 Å². The average Bonchev–Trinajstić information content (AvgIpc) is 2.76. The quantitative estimate of drug-likeness (QED) is 0.845. The highest BCUT2D eigenvalue weighted by Gasteiger charge is 2.37. The van der Waals surface area contributed by atoms with Crippen molar-refractivity contribution in [3.05, 3.63) is 12.3 Å². The van der Waals surface area contributed by atoms with Gasteiger partial charge in [-0.05, 0) is 24.3 Å². The molecule has 0 spiro atoms. The predicted octanol–water partition coefficient (Wildman–Crippen LogP) is 1.42. The molecule has 1 aliphatic heterocycles. The monoisotopic (exact) mass is 289 g/mol. The molecule has 1 aromatic heterocycles. The second-order valence-corrected chi connectivity index (χ2v) is 7.29. The van der Waals surface area contributed by atoms with Crippen molar-refractivity contribution in [3.8, 4) is 0 Å². The summed E-state index contributed by atoms with van der Waals surface area (Å²) in [6.07, 6.45) is 1.03. The van der Waals surface area contributed by atoms with Crippen molar-refractivity contribution in [2.45, 2.75) is 31.5 Å². The van der Waals surface area contributed by atoms with Crippen LogP contribution in [0.25, 0.3) is 0 Å². The first-order valence-electron chi connectivity index (χ1n) is 6.46. The molecule has 2 atom stereocenters. The fourth-order valence-corrected chi connectivity index (χ4v) is 3.94. The zero-order valence-corrected chi connectivity index (χ0v) is 12.3. The number of hydrogen-bond acceptors (Lipinski definition) is 3. The molecule has 19 heavy (non-hydrogen) atoms. The Morgan fingerprint density at radius 2 is 2.16 bits per heavy atom. The molecule has 5 nitrogen and oxygen atoms in total. The van der Waals surface area contributed by atoms with Gasteiger partial charge in [-0.1, -0.05) is 13.8 Å². The third-order valence-corrected chi connectivity index (χ3v) is 5.46. The molecule has 1 saturated heterocycles. The minimum atomic E-state index is -3.66. The van der Waals surface area contributed by atoms with Crippen LogP contribution in [0.2, 0.25) is 0 Å². The van der Waals surface area contributed by atoms with Crippen molar-refractivity contribution in [1.29, 1.82) is 0 Å². The molecule has 7 heteroatoms. The lowest BCUT2D eigenvalue weighted by atomic mass is 9.86. The van der Waals surface area contributed by atoms with Crippen molar-refractivity contribution in [3.63, 3.8) is 0 Å². The highest BCUT2D eigenvalue weighted by molar-refractivity contribution is 7.89. The summed E-state index contributed by atoms with van der Waals surface area (Å²) in [5.74, 6) is 0.171. The molecular weight excluding hydrogens is 269 g/mol. The van der Waals surface area contributed by atoms with Crippen LogP contribution in [0.4, 0.5) is 4.39 Å². The zero-order valence-electron chi connectivity index (χ0n) is 11.5. The van der Waals surface area contributed by atoms with Gasteiger partial charge in [-0.25, -0.2) is 12.8 Å². The first-order chi connectivity index (χ1) is 8.82. The summed E-state index contributed by atoms with van der Waals surface area (Å²) in [7, 11) is -2.01. The van der Waals surface area contributed by atoms with Crippen LogP contribution in [0.5, 0.6) is 0 Å². The highest BCUT2D eigenvalue weighted by Crippen LogP contribution is 2.29. The van der Waals surface area contributed by atoms with E-state index in [0.717, 1.165) is 0 Å². The van der Waals surface area contributed by atoms with E-state index in [1.165, 1.54) is 15.1 Å². The summed E-state index contributed by atoms with van der Waals surface area (Å²) in [6.45, 7) is 4.24. The summed E-state index contributed by atoms with van der Waals surface area (Å²) in [5, 5.41) is 3.89. The molecule has 0 radical (unpaired) electrons. The smallest absolute Gasteiger partial charge is 0.262 e. The zero-order chi connectivity index (χ0) is 14.2. The Bertz CT molecular complexity index is 541. The van der Waals surface area contributed by atoms with Gasteiger partial charge in [0.1, 0.15) is 6.17 Å². The lowest BCUT2D eigenvalue weighted by Crippen LogP contribution is -2.46. The molecular formula is C12H20FN3O2S. The molecule has 0 saturated carbocycles. The normalized spacial score (nSPS) is 25.9. The lowest BCUT2D eigenvalue weighted by molar-refractivity contribution is 0.101. The molecule has 0 bridgehead atoms. The standard InChI is InChI=1S/C12H20FN3O2S/c1-9(2)10-4-7-16(8-11(10)13)19(17,18)12-5-6-15(3)14-12/h5-6,9-11H,4,7-8H2,1-3H3/t10-,11+/m0/s1. The summed E-state index contributed by atoms with van der Waals surface area (Å²) >= 11 is 0. The van der Waals surface area contributed by atoms with Gasteiger partial charge in [0.05, 0.1) is 0 Å². The van der Waals surface area contributed by atoms with E-state index in [9.17, 15) is 12.8 Å². The van der Waals surface area contributed by atoms with Gasteiger partial charge in [0, 0.05) is 26.3 Å². The number of aryl methyl sites for hydroxylation is 1. The van der Waals surface area contributed by atoms with Crippen molar-refractivity contribution in [2.24, 2.45) is 18.9 Å². The number of rotatable bonds is 3. The Morgan fingerprint density at radius 1 is 1.47 bits per heavy atom. The molecule has 2 heterocycles. The fourth-order valence-electron chi connectivity index (χ4n) is 2.53. The van der Waals surface area contributed by atoms with Crippen LogP contribution in [0.1, 0.15) is 20.3 Å². The van der Waals surface area contributed by atoms with E-state index in [2.05, 4.69) is 5.10 Å². The van der Waals surface area contributed by atoms with Crippen LogP contribution in [0, 0.1) is 11.8 Å². The van der Waals surface area contributed by atoms with Crippen LogP contribution >= 0.6 is 0 Å². The molecule has 108 valence electrons. The number of hydrogen-bond donors (Lipinski definition) is 0. The maximum Gasteiger partial charge on any atom is 0.262 e. The maximum atomic E-state index is 14.1. The second kappa shape index (κ2) is 5.20. The number of piperidine rings is 1. The van der Waals surface area contributed by atoms with Gasteiger partial charge in [0.2, 0.25) is 0 Å². The molecule has 0 N–H and O–H groups in total. The molecule has 0 aliphatic carbocycles. The summed E-state index contributed by atoms with van der Waals surface area (Å²) < 4.78 is 41.3. The first kappa shape index (κ1) is 14.5. The van der Waals surface area contributed by atoms with Crippen LogP contribution in [0.15, 0.2) is 17.3 Å². The van der Waals surface area contributed by atoms with Gasteiger partial charge < -0.3 is 0 Å². The number of halogens is 1. The number of alkyl halides is 1. The summed E-state index contributed by atoms with van der Waals surface area (Å²) in [6, 6.07) is 1.44. The molecule has 0 aromatic carbocycles. The number of aromatic nitrogens is 2. The average molecular weight is 289 g/mol. The molecule has 1 aliphatic rings. The van der Waals surface area contributed by atoms with Crippen molar-refractivity contribution < 1.29 is 12.8 Å². The van der Waals surface area contributed by atoms with Gasteiger partial charge >= 0.3 is 0 Å². The number of nitrogens with zero attached hydrogens (tertiary/aromatic N) is 3. The fraction of sp³-hybridized carbons (Fsp3) is 0.750. The van der Waals surface area contributed by atoms with Crippen molar-refractivity contribution in [2.75, 3.05) is 13.1 Å². The first-order valence-corrected chi connectivity index (χ1v) is 7.90. The Labute approximate surface area is 113 Å². The third kappa shape index (κ3) is 2.81. The minimum absolute atomic E-state index is 0.00908. The SMILES string of the molecule is CC(C)[C@@H]1CCN(S(=O)(=O)c2ccn(C)n2)C[C@H]1F. The molecule has 1 fully saturated rings. The molecule has 1 aromatic rings. The Hall–Kier alpha value is -0.950. The van der Waals surface area contributed by atoms with Gasteiger partial charge in [0.15, 0.2) is 5.03 Å². The van der Waals surface area contributed by atoms with Crippen molar-refractivity contribution >= 4 is 10.0 Å². The van der Waals surface area contributed by atoms with E-state index >= 15 is 0 Å². The van der Waals surface area contributed by atoms with E-state index in [1.54, 1.807) is 13.2 Å². The third-order valence-electron chi connectivity index (χ3n) is 3.70. The molecule has 0 unspecified atom stereocenters. The van der Waals surface area contributed by atoms with Gasteiger partial charge in [-0.2, -0.15) is 9.40 Å². The highest BCUT2D eigenvalue weighted by atomic mass is 32.2. The Kier molecular flexibility index (Phi) is 3.96. The Balaban J connectivity index is 2.16. The van der Waals surface area contributed by atoms with E-state index in [0.29, 0.717) is 13.0 Å². The Morgan fingerprint density at radius 3 is 2.63 bits per heavy atom. The van der Waals surface area contributed by atoms with Crippen LogP contribution in [0.3, 0.4) is 0 Å². The summed E-state index contributed by atoms with van der Waals surface area (Å²) in [5.41, 5.74) is 0. The molecule has 0 amide bonds. The summed E-state index contributed by atoms with van der Waals surface area (Å²) in [4.78, 5) is 0. The minimum Gasteiger partial charge on any atom is -0.274 e. The lowest BCUT2D eigenvalue weighted by Gasteiger charge is -2.35. The van der Waals surface area contributed by atoms with Gasteiger partial charge in [-0.3, -0.25) is 4.68 Å². The van der Waals surface area contributed by atoms with Gasteiger partial charge in [0.25, 0.3) is 10.0 Å². The van der Waals surface area contributed by atoms with E-state index < -0.39 is 16.2 Å². The van der Waals surface area contributed by atoms with Crippen molar-refractivity contribution in [1.82, 2.24) is 14.1 Å². The van der Waals surface area contributed by atoms with E-state index in [1.807, 2.05) is 13.8 Å². The van der Waals surface area contributed by atoms with Crippen LogP contribution < -0.4 is 0 Å². The van der Waals surface area contributed by atoms with Crippen LogP contribution in [-0.4, -0.2) is 41.8 Å². The maximum absolute atomic E-state index is 14.1. The second-order valence-electron chi connectivity index (χ2n) is 5.40. The topological polar surface area (TPSA) is 55.2 Å².